The van der Waals surface area contributed by atoms with Gasteiger partial charge in [-0.2, -0.15) is 0 Å². The van der Waals surface area contributed by atoms with Crippen molar-refractivity contribution in [3.63, 3.8) is 0 Å². The molecule has 162 valence electrons. The Labute approximate surface area is 170 Å². The molecule has 0 radical (unpaired) electrons. The summed E-state index contributed by atoms with van der Waals surface area (Å²) in [6.07, 6.45) is 0. The third-order valence-corrected chi connectivity index (χ3v) is 3.89. The Balaban J connectivity index is 2.11. The van der Waals surface area contributed by atoms with Crippen molar-refractivity contribution in [1.29, 1.82) is 0 Å². The van der Waals surface area contributed by atoms with Crippen molar-refractivity contribution in [2.75, 3.05) is 32.1 Å². The number of likely N-dealkylation sites (N-methyl/N-ethyl adjacent to an activating group) is 1. The van der Waals surface area contributed by atoms with Crippen LogP contribution in [0, 0.1) is 23.3 Å². The van der Waals surface area contributed by atoms with Crippen molar-refractivity contribution in [3.05, 3.63) is 53.1 Å². The molecule has 0 aliphatic rings. The smallest absolute Gasteiger partial charge is 0.257 e. The Bertz CT molecular complexity index is 953. The summed E-state index contributed by atoms with van der Waals surface area (Å²) in [6, 6.07) is 4.92. The van der Waals surface area contributed by atoms with Gasteiger partial charge in [-0.15, -0.1) is 0 Å². The molecule has 2 aromatic rings. The van der Waals surface area contributed by atoms with Gasteiger partial charge in [0, 0.05) is 18.8 Å². The Morgan fingerprint density at radius 2 is 1.57 bits per heavy atom. The van der Waals surface area contributed by atoms with E-state index in [2.05, 4.69) is 5.32 Å². The fraction of sp³-hybridized carbons (Fsp3) is 0.300. The summed E-state index contributed by atoms with van der Waals surface area (Å²) >= 11 is 0. The van der Waals surface area contributed by atoms with E-state index in [0.29, 0.717) is 30.4 Å². The number of ether oxygens (including phenoxy) is 2. The zero-order valence-corrected chi connectivity index (χ0v) is 16.5. The van der Waals surface area contributed by atoms with Gasteiger partial charge in [0.05, 0.1) is 25.3 Å². The van der Waals surface area contributed by atoms with E-state index in [1.807, 2.05) is 0 Å². The zero-order valence-electron chi connectivity index (χ0n) is 16.5. The maximum absolute atomic E-state index is 13.8. The van der Waals surface area contributed by atoms with Gasteiger partial charge >= 0.3 is 0 Å². The molecule has 0 aromatic heterocycles. The molecule has 0 aliphatic heterocycles. The van der Waals surface area contributed by atoms with Gasteiger partial charge in [-0.25, -0.2) is 17.6 Å². The van der Waals surface area contributed by atoms with E-state index in [9.17, 15) is 27.2 Å². The van der Waals surface area contributed by atoms with Crippen molar-refractivity contribution in [3.8, 4) is 11.5 Å². The van der Waals surface area contributed by atoms with Crippen molar-refractivity contribution in [1.82, 2.24) is 4.90 Å². The molecular weight excluding hydrogens is 408 g/mol. The Hall–Kier alpha value is -3.30. The van der Waals surface area contributed by atoms with Crippen LogP contribution in [0.1, 0.15) is 24.2 Å². The van der Waals surface area contributed by atoms with Gasteiger partial charge in [0.1, 0.15) is 0 Å². The first kappa shape index (κ1) is 23.0. The summed E-state index contributed by atoms with van der Waals surface area (Å²) in [7, 11) is 1.13. The molecule has 0 spiro atoms. The van der Waals surface area contributed by atoms with Crippen molar-refractivity contribution in [2.24, 2.45) is 0 Å². The second kappa shape index (κ2) is 9.95. The van der Waals surface area contributed by atoms with Crippen LogP contribution in [0.25, 0.3) is 0 Å². The monoisotopic (exact) mass is 428 g/mol. The molecule has 0 atom stereocenters. The van der Waals surface area contributed by atoms with Gasteiger partial charge in [0.25, 0.3) is 5.91 Å². The van der Waals surface area contributed by atoms with E-state index in [4.69, 9.17) is 9.47 Å². The highest BCUT2D eigenvalue weighted by Crippen LogP contribution is 2.30. The predicted molar refractivity (Wildman–Crippen MR) is 101 cm³/mol. The van der Waals surface area contributed by atoms with Gasteiger partial charge in [-0.3, -0.25) is 9.59 Å². The quantitative estimate of drug-likeness (QED) is 0.395. The molecule has 0 saturated heterocycles. The molecule has 0 bridgehead atoms. The maximum Gasteiger partial charge on any atom is 0.257 e. The molecule has 0 aliphatic carbocycles. The molecule has 0 heterocycles. The SMILES string of the molecule is CCOc1ccc(NC(=O)CN(C)C(=O)c2cc(F)c(F)c(F)c2F)cc1OCC. The summed E-state index contributed by atoms with van der Waals surface area (Å²) in [6.45, 7) is 3.81. The van der Waals surface area contributed by atoms with Gasteiger partial charge in [-0.1, -0.05) is 0 Å². The van der Waals surface area contributed by atoms with Crippen LogP contribution < -0.4 is 14.8 Å². The van der Waals surface area contributed by atoms with E-state index >= 15 is 0 Å². The van der Waals surface area contributed by atoms with E-state index in [0.717, 1.165) is 11.9 Å². The van der Waals surface area contributed by atoms with Crippen molar-refractivity contribution < 1.29 is 36.6 Å². The fourth-order valence-electron chi connectivity index (χ4n) is 2.55. The van der Waals surface area contributed by atoms with Crippen LogP contribution in [0.3, 0.4) is 0 Å². The highest BCUT2D eigenvalue weighted by molar-refractivity contribution is 5.99. The van der Waals surface area contributed by atoms with E-state index < -0.39 is 47.2 Å². The van der Waals surface area contributed by atoms with Gasteiger partial charge in [0.2, 0.25) is 5.91 Å². The van der Waals surface area contributed by atoms with Crippen LogP contribution in [0.2, 0.25) is 0 Å². The molecule has 6 nitrogen and oxygen atoms in total. The lowest BCUT2D eigenvalue weighted by atomic mass is 10.1. The zero-order chi connectivity index (χ0) is 22.4. The summed E-state index contributed by atoms with van der Waals surface area (Å²) in [5.41, 5.74) is -0.681. The number of nitrogens with one attached hydrogen (secondary N) is 1. The Morgan fingerprint density at radius 1 is 0.933 bits per heavy atom. The lowest BCUT2D eigenvalue weighted by molar-refractivity contribution is -0.116. The van der Waals surface area contributed by atoms with Gasteiger partial charge in [-0.05, 0) is 32.0 Å². The molecule has 1 N–H and O–H groups in total. The fourth-order valence-corrected chi connectivity index (χ4v) is 2.55. The third-order valence-electron chi connectivity index (χ3n) is 3.89. The topological polar surface area (TPSA) is 67.9 Å². The molecule has 2 amide bonds. The minimum absolute atomic E-state index is 0.241. The van der Waals surface area contributed by atoms with Crippen LogP contribution >= 0.6 is 0 Å². The second-order valence-corrected chi connectivity index (χ2v) is 6.08. The van der Waals surface area contributed by atoms with E-state index in [1.165, 1.54) is 6.07 Å². The summed E-state index contributed by atoms with van der Waals surface area (Å²) in [5.74, 6) is -8.64. The molecule has 0 unspecified atom stereocenters. The average molecular weight is 428 g/mol. The number of anilines is 1. The number of carbonyl (C=O) groups excluding carboxylic acids is 2. The average Bonchev–Trinajstić information content (AvgIpc) is 2.70. The first-order valence-electron chi connectivity index (χ1n) is 8.97. The summed E-state index contributed by atoms with van der Waals surface area (Å²) < 4.78 is 64.4. The van der Waals surface area contributed by atoms with Crippen LogP contribution in [-0.4, -0.2) is 43.5 Å². The van der Waals surface area contributed by atoms with Crippen LogP contribution in [0.4, 0.5) is 23.2 Å². The highest BCUT2D eigenvalue weighted by Gasteiger charge is 2.25. The minimum atomic E-state index is -2.10. The summed E-state index contributed by atoms with van der Waals surface area (Å²) in [4.78, 5) is 25.2. The van der Waals surface area contributed by atoms with Gasteiger partial charge < -0.3 is 19.7 Å². The largest absolute Gasteiger partial charge is 0.490 e. The van der Waals surface area contributed by atoms with E-state index in [-0.39, 0.29) is 6.07 Å². The normalized spacial score (nSPS) is 10.5. The standard InChI is InChI=1S/C20H20F4N2O4/c1-4-29-14-7-6-11(8-15(14)30-5-2)25-16(27)10-26(3)20(28)12-9-13(21)18(23)19(24)17(12)22/h6-9H,4-5,10H2,1-3H3,(H,25,27). The van der Waals surface area contributed by atoms with Crippen LogP contribution in [0.15, 0.2) is 24.3 Å². The first-order chi connectivity index (χ1) is 14.2. The number of hydrogen-bond acceptors (Lipinski definition) is 4. The number of rotatable bonds is 8. The molecule has 2 aromatic carbocycles. The first-order valence-corrected chi connectivity index (χ1v) is 8.97. The second-order valence-electron chi connectivity index (χ2n) is 6.08. The molecule has 2 rings (SSSR count). The lowest BCUT2D eigenvalue weighted by Gasteiger charge is -2.18. The molecule has 10 heteroatoms. The predicted octanol–water partition coefficient (Wildman–Crippen LogP) is 3.75. The van der Waals surface area contributed by atoms with E-state index in [1.54, 1.807) is 26.0 Å². The summed E-state index contributed by atoms with van der Waals surface area (Å²) in [5, 5.41) is 2.52. The molecule has 30 heavy (non-hydrogen) atoms. The number of benzene rings is 2. The molecule has 0 fully saturated rings. The number of nitrogens with zero attached hydrogens (tertiary/aromatic N) is 1. The van der Waals surface area contributed by atoms with Crippen LogP contribution in [0.5, 0.6) is 11.5 Å². The third kappa shape index (κ3) is 5.19. The number of carbonyl (C=O) groups is 2. The van der Waals surface area contributed by atoms with Crippen molar-refractivity contribution >= 4 is 17.5 Å². The number of hydrogen-bond donors (Lipinski definition) is 1. The Kier molecular flexibility index (Phi) is 7.62. The number of halogens is 4. The number of amides is 2. The Morgan fingerprint density at radius 3 is 2.20 bits per heavy atom. The highest BCUT2D eigenvalue weighted by atomic mass is 19.2. The minimum Gasteiger partial charge on any atom is -0.490 e. The maximum atomic E-state index is 13.8. The lowest BCUT2D eigenvalue weighted by Crippen LogP contribution is -2.35. The van der Waals surface area contributed by atoms with Crippen molar-refractivity contribution in [2.45, 2.75) is 13.8 Å². The van der Waals surface area contributed by atoms with Crippen LogP contribution in [-0.2, 0) is 4.79 Å². The molecular formula is C20H20F4N2O4. The van der Waals surface area contributed by atoms with Gasteiger partial charge in [0.15, 0.2) is 34.8 Å². The molecule has 0 saturated carbocycles.